The lowest BCUT2D eigenvalue weighted by Gasteiger charge is -2.19. The van der Waals surface area contributed by atoms with E-state index in [2.05, 4.69) is 23.9 Å². The van der Waals surface area contributed by atoms with E-state index >= 15 is 0 Å². The highest BCUT2D eigenvalue weighted by Crippen LogP contribution is 2.20. The van der Waals surface area contributed by atoms with Crippen LogP contribution in [0.15, 0.2) is 29.2 Å². The first-order chi connectivity index (χ1) is 9.81. The number of sulfonamides is 1. The normalized spacial score (nSPS) is 15.1. The molecule has 0 spiro atoms. The van der Waals surface area contributed by atoms with E-state index in [9.17, 15) is 8.42 Å². The number of nitrogens with one attached hydrogen (secondary N) is 2. The Bertz CT molecular complexity index is 541. The second-order valence-corrected chi connectivity index (χ2v) is 7.46. The van der Waals surface area contributed by atoms with E-state index in [1.165, 1.54) is 0 Å². The zero-order valence-corrected chi connectivity index (χ0v) is 14.5. The summed E-state index contributed by atoms with van der Waals surface area (Å²) in [4.78, 5) is 0.337. The SMILES string of the molecule is CCNC(CC)c1cccc(S(=O)(=O)NC(C)C(C)C)c1. The second kappa shape index (κ2) is 7.92. The maximum absolute atomic E-state index is 12.4. The van der Waals surface area contributed by atoms with Gasteiger partial charge in [-0.05, 0) is 43.5 Å². The molecule has 1 rings (SSSR count). The van der Waals surface area contributed by atoms with Crippen molar-refractivity contribution in [3.05, 3.63) is 29.8 Å². The molecule has 0 bridgehead atoms. The summed E-state index contributed by atoms with van der Waals surface area (Å²) in [5, 5.41) is 3.37. The standard InChI is InChI=1S/C16H28N2O2S/c1-6-16(17-7-2)14-9-8-10-15(11-14)21(19,20)18-13(5)12(3)4/h8-13,16-18H,6-7H2,1-5H3. The van der Waals surface area contributed by atoms with Crippen molar-refractivity contribution in [2.24, 2.45) is 5.92 Å². The molecule has 0 heterocycles. The molecule has 0 radical (unpaired) electrons. The molecule has 120 valence electrons. The van der Waals surface area contributed by atoms with Gasteiger partial charge in [-0.25, -0.2) is 13.1 Å². The third kappa shape index (κ3) is 5.09. The number of hydrogen-bond donors (Lipinski definition) is 2. The van der Waals surface area contributed by atoms with E-state index in [-0.39, 0.29) is 18.0 Å². The summed E-state index contributed by atoms with van der Waals surface area (Å²) in [6, 6.07) is 7.30. The van der Waals surface area contributed by atoms with Gasteiger partial charge in [-0.2, -0.15) is 0 Å². The Balaban J connectivity index is 3.03. The van der Waals surface area contributed by atoms with Crippen molar-refractivity contribution in [2.75, 3.05) is 6.54 Å². The predicted octanol–water partition coefficient (Wildman–Crippen LogP) is 3.07. The summed E-state index contributed by atoms with van der Waals surface area (Å²) in [7, 11) is -3.46. The fourth-order valence-electron chi connectivity index (χ4n) is 2.09. The lowest BCUT2D eigenvalue weighted by molar-refractivity contribution is 0.476. The maximum atomic E-state index is 12.4. The van der Waals surface area contributed by atoms with E-state index in [1.54, 1.807) is 12.1 Å². The van der Waals surface area contributed by atoms with Crippen LogP contribution >= 0.6 is 0 Å². The molecule has 0 aromatic heterocycles. The molecule has 5 heteroatoms. The van der Waals surface area contributed by atoms with Crippen molar-refractivity contribution >= 4 is 10.0 Å². The van der Waals surface area contributed by atoms with Gasteiger partial charge in [0.1, 0.15) is 0 Å². The van der Waals surface area contributed by atoms with Crippen molar-refractivity contribution in [2.45, 2.75) is 58.0 Å². The van der Waals surface area contributed by atoms with Gasteiger partial charge in [-0.1, -0.05) is 39.8 Å². The van der Waals surface area contributed by atoms with Crippen LogP contribution < -0.4 is 10.0 Å². The largest absolute Gasteiger partial charge is 0.310 e. The van der Waals surface area contributed by atoms with E-state index in [0.29, 0.717) is 4.90 Å². The first-order valence-corrected chi connectivity index (χ1v) is 9.15. The average Bonchev–Trinajstić information content (AvgIpc) is 2.44. The Kier molecular flexibility index (Phi) is 6.84. The third-order valence-electron chi connectivity index (χ3n) is 3.77. The fourth-order valence-corrected chi connectivity index (χ4v) is 3.54. The predicted molar refractivity (Wildman–Crippen MR) is 87.8 cm³/mol. The summed E-state index contributed by atoms with van der Waals surface area (Å²) >= 11 is 0. The van der Waals surface area contributed by atoms with E-state index in [1.807, 2.05) is 32.9 Å². The van der Waals surface area contributed by atoms with Gasteiger partial charge in [0.15, 0.2) is 0 Å². The van der Waals surface area contributed by atoms with Gasteiger partial charge in [-0.3, -0.25) is 0 Å². The molecule has 21 heavy (non-hydrogen) atoms. The van der Waals surface area contributed by atoms with Crippen LogP contribution in [0.3, 0.4) is 0 Å². The molecule has 0 aliphatic carbocycles. The highest BCUT2D eigenvalue weighted by Gasteiger charge is 2.20. The van der Waals surface area contributed by atoms with Crippen LogP contribution in [0.1, 0.15) is 52.6 Å². The Morgan fingerprint density at radius 3 is 2.33 bits per heavy atom. The first kappa shape index (κ1) is 18.1. The lowest BCUT2D eigenvalue weighted by Crippen LogP contribution is -2.36. The molecule has 1 aromatic rings. The van der Waals surface area contributed by atoms with Gasteiger partial charge in [0, 0.05) is 12.1 Å². The molecule has 4 nitrogen and oxygen atoms in total. The highest BCUT2D eigenvalue weighted by atomic mass is 32.2. The van der Waals surface area contributed by atoms with Crippen LogP contribution in [0.4, 0.5) is 0 Å². The van der Waals surface area contributed by atoms with Crippen LogP contribution in [0.2, 0.25) is 0 Å². The van der Waals surface area contributed by atoms with Gasteiger partial charge in [0.25, 0.3) is 0 Å². The minimum Gasteiger partial charge on any atom is -0.310 e. The summed E-state index contributed by atoms with van der Waals surface area (Å²) in [6.45, 7) is 10.9. The van der Waals surface area contributed by atoms with Crippen molar-refractivity contribution in [1.82, 2.24) is 10.0 Å². The molecule has 2 N–H and O–H groups in total. The van der Waals surface area contributed by atoms with Gasteiger partial charge in [0.05, 0.1) is 4.90 Å². The molecule has 2 unspecified atom stereocenters. The molecule has 0 aliphatic rings. The molecule has 0 saturated heterocycles. The molecule has 0 saturated carbocycles. The molecule has 0 fully saturated rings. The van der Waals surface area contributed by atoms with E-state index in [0.717, 1.165) is 18.5 Å². The summed E-state index contributed by atoms with van der Waals surface area (Å²) in [5.41, 5.74) is 1.01. The zero-order chi connectivity index (χ0) is 16.0. The molecule has 2 atom stereocenters. The first-order valence-electron chi connectivity index (χ1n) is 7.67. The summed E-state index contributed by atoms with van der Waals surface area (Å²) in [5.74, 6) is 0.258. The van der Waals surface area contributed by atoms with Crippen LogP contribution in [-0.2, 0) is 10.0 Å². The smallest absolute Gasteiger partial charge is 0.240 e. The van der Waals surface area contributed by atoms with Crippen LogP contribution in [0.25, 0.3) is 0 Å². The minimum absolute atomic E-state index is 0.0885. The van der Waals surface area contributed by atoms with Crippen LogP contribution in [0, 0.1) is 5.92 Å². The molecule has 0 amide bonds. The topological polar surface area (TPSA) is 58.2 Å². The zero-order valence-electron chi connectivity index (χ0n) is 13.7. The Hall–Kier alpha value is -0.910. The van der Waals surface area contributed by atoms with Crippen molar-refractivity contribution in [3.63, 3.8) is 0 Å². The van der Waals surface area contributed by atoms with Gasteiger partial charge < -0.3 is 5.32 Å². The highest BCUT2D eigenvalue weighted by molar-refractivity contribution is 7.89. The van der Waals surface area contributed by atoms with Crippen molar-refractivity contribution < 1.29 is 8.42 Å². The Morgan fingerprint density at radius 1 is 1.14 bits per heavy atom. The molecular formula is C16H28N2O2S. The maximum Gasteiger partial charge on any atom is 0.240 e. The fraction of sp³-hybridized carbons (Fsp3) is 0.625. The van der Waals surface area contributed by atoms with Gasteiger partial charge in [-0.15, -0.1) is 0 Å². The van der Waals surface area contributed by atoms with Crippen molar-refractivity contribution in [1.29, 1.82) is 0 Å². The molecule has 1 aromatic carbocycles. The number of benzene rings is 1. The Labute approximate surface area is 129 Å². The Morgan fingerprint density at radius 2 is 1.81 bits per heavy atom. The van der Waals surface area contributed by atoms with Gasteiger partial charge in [0.2, 0.25) is 10.0 Å². The minimum atomic E-state index is -3.46. The summed E-state index contributed by atoms with van der Waals surface area (Å²) < 4.78 is 27.6. The van der Waals surface area contributed by atoms with Gasteiger partial charge >= 0.3 is 0 Å². The molecular weight excluding hydrogens is 284 g/mol. The van der Waals surface area contributed by atoms with Crippen LogP contribution in [-0.4, -0.2) is 21.0 Å². The average molecular weight is 312 g/mol. The molecule has 0 aliphatic heterocycles. The number of rotatable bonds is 8. The lowest BCUT2D eigenvalue weighted by atomic mass is 10.0. The monoisotopic (exact) mass is 312 g/mol. The second-order valence-electron chi connectivity index (χ2n) is 5.74. The summed E-state index contributed by atoms with van der Waals surface area (Å²) in [6.07, 6.45) is 0.924. The third-order valence-corrected chi connectivity index (χ3v) is 5.33. The van der Waals surface area contributed by atoms with E-state index < -0.39 is 10.0 Å². The van der Waals surface area contributed by atoms with E-state index in [4.69, 9.17) is 0 Å². The number of hydrogen-bond acceptors (Lipinski definition) is 3. The van der Waals surface area contributed by atoms with Crippen molar-refractivity contribution in [3.8, 4) is 0 Å². The quantitative estimate of drug-likeness (QED) is 0.775. The van der Waals surface area contributed by atoms with Crippen LogP contribution in [0.5, 0.6) is 0 Å².